The van der Waals surface area contributed by atoms with Gasteiger partial charge in [-0.15, -0.1) is 0 Å². The van der Waals surface area contributed by atoms with Crippen LogP contribution in [0.4, 0.5) is 34.1 Å². The number of hydrogen-bond acceptors (Lipinski definition) is 11. The number of esters is 1. The second-order valence-corrected chi connectivity index (χ2v) is 22.4. The van der Waals surface area contributed by atoms with Crippen molar-refractivity contribution in [2.45, 2.75) is 123 Å². The van der Waals surface area contributed by atoms with Gasteiger partial charge in [-0.05, 0) is 119 Å². The molecule has 2 N–H and O–H groups in total. The predicted molar refractivity (Wildman–Crippen MR) is 316 cm³/mol. The summed E-state index contributed by atoms with van der Waals surface area (Å²) in [5.74, 6) is -1.57. The number of benzene rings is 6. The lowest BCUT2D eigenvalue weighted by Gasteiger charge is -2.43. The number of nitrogens with zero attached hydrogens (tertiary/aromatic N) is 3. The van der Waals surface area contributed by atoms with Gasteiger partial charge in [-0.2, -0.15) is 13.2 Å². The van der Waals surface area contributed by atoms with Crippen LogP contribution < -0.4 is 29.9 Å². The van der Waals surface area contributed by atoms with Gasteiger partial charge in [0.25, 0.3) is 17.7 Å². The van der Waals surface area contributed by atoms with Gasteiger partial charge >= 0.3 is 24.3 Å². The number of alkyl halides is 3. The van der Waals surface area contributed by atoms with Crippen molar-refractivity contribution in [3.05, 3.63) is 178 Å². The minimum atomic E-state index is -4.86. The fourth-order valence-electron chi connectivity index (χ4n) is 10.9. The van der Waals surface area contributed by atoms with Crippen molar-refractivity contribution in [3.8, 4) is 22.6 Å². The molecule has 0 radical (unpaired) electrons. The van der Waals surface area contributed by atoms with Crippen molar-refractivity contribution in [3.63, 3.8) is 0 Å². The van der Waals surface area contributed by atoms with Crippen LogP contribution in [0.2, 0.25) is 0 Å². The largest absolute Gasteiger partial charge is 0.476 e. The zero-order valence-electron chi connectivity index (χ0n) is 49.0. The molecule has 1 aliphatic carbocycles. The maximum Gasteiger partial charge on any atom is 0.417 e. The monoisotopic (exact) mass is 1170 g/mol. The molecule has 1 fully saturated rings. The first-order valence-corrected chi connectivity index (χ1v) is 28.3. The van der Waals surface area contributed by atoms with Crippen molar-refractivity contribution in [1.82, 2.24) is 15.5 Å². The molecular formula is C66H72F3N5O11. The van der Waals surface area contributed by atoms with Crippen molar-refractivity contribution < 1.29 is 65.6 Å². The maximum absolute atomic E-state index is 14.8. The second-order valence-electron chi connectivity index (χ2n) is 22.4. The van der Waals surface area contributed by atoms with Gasteiger partial charge in [0.15, 0.2) is 11.2 Å². The van der Waals surface area contributed by atoms with Crippen molar-refractivity contribution >= 4 is 47.3 Å². The molecule has 0 unspecified atom stereocenters. The van der Waals surface area contributed by atoms with Crippen LogP contribution in [0.3, 0.4) is 0 Å². The molecule has 0 aromatic heterocycles. The van der Waals surface area contributed by atoms with Crippen LogP contribution in [0, 0.1) is 6.92 Å². The number of carbonyl (C=O) groups excluding carboxylic acids is 6. The summed E-state index contributed by atoms with van der Waals surface area (Å²) >= 11 is 0. The van der Waals surface area contributed by atoms with E-state index in [0.717, 1.165) is 60.4 Å². The Balaban J connectivity index is 0.000000241. The van der Waals surface area contributed by atoms with Crippen LogP contribution in [-0.4, -0.2) is 97.4 Å². The molecule has 9 rings (SSSR count). The van der Waals surface area contributed by atoms with Crippen LogP contribution in [0.5, 0.6) is 11.5 Å². The van der Waals surface area contributed by atoms with Crippen molar-refractivity contribution in [2.24, 2.45) is 0 Å². The highest BCUT2D eigenvalue weighted by Gasteiger charge is 2.46. The number of alkyl carbamates (subject to hydrolysis) is 2. The molecule has 2 aliphatic heterocycles. The zero-order valence-corrected chi connectivity index (χ0v) is 49.0. The fourth-order valence-corrected chi connectivity index (χ4v) is 10.9. The first-order valence-electron chi connectivity index (χ1n) is 28.3. The lowest BCUT2D eigenvalue weighted by Crippen LogP contribution is -2.54. The van der Waals surface area contributed by atoms with E-state index in [1.807, 2.05) is 55.5 Å². The minimum Gasteiger partial charge on any atom is -0.476 e. The molecule has 1 saturated carbocycles. The van der Waals surface area contributed by atoms with E-state index in [-0.39, 0.29) is 80.6 Å². The van der Waals surface area contributed by atoms with Gasteiger partial charge in [-0.3, -0.25) is 14.4 Å². The van der Waals surface area contributed by atoms with E-state index in [1.54, 1.807) is 49.1 Å². The summed E-state index contributed by atoms with van der Waals surface area (Å²) in [5, 5.41) is 5.26. The Hall–Kier alpha value is -8.87. The SMILES string of the molecule is COC(=O)c1cc2c(cc1C(F)(F)F)OC(C)(C)C(=O)N2CCNC(=O)OCc1ccccc1.Cc1cc2c(cc1C(=O)N(C(C)C)[C@H]1CCCC[C@@H]1c1cccc(-c3ccccc3)c1)N(CCNC(=O)OCc1ccccc1)C(=O)C(C)(C)O2. The first-order chi connectivity index (χ1) is 40.5. The second kappa shape index (κ2) is 26.8. The highest BCUT2D eigenvalue weighted by Crippen LogP contribution is 2.45. The third kappa shape index (κ3) is 14.9. The Morgan fingerprint density at radius 3 is 1.64 bits per heavy atom. The topological polar surface area (TPSA) is 182 Å². The molecular weight excluding hydrogens is 1100 g/mol. The van der Waals surface area contributed by atoms with Gasteiger partial charge < -0.3 is 49.0 Å². The molecule has 85 heavy (non-hydrogen) atoms. The van der Waals surface area contributed by atoms with E-state index in [9.17, 15) is 41.9 Å². The number of ether oxygens (including phenoxy) is 5. The van der Waals surface area contributed by atoms with E-state index < -0.39 is 52.6 Å². The van der Waals surface area contributed by atoms with E-state index in [0.29, 0.717) is 23.1 Å². The van der Waals surface area contributed by atoms with E-state index in [1.165, 1.54) is 30.5 Å². The van der Waals surface area contributed by atoms with Gasteiger partial charge in [0.05, 0.1) is 29.6 Å². The molecule has 6 aromatic carbocycles. The number of hydrogen-bond donors (Lipinski definition) is 2. The molecule has 2 heterocycles. The highest BCUT2D eigenvalue weighted by atomic mass is 19.4. The van der Waals surface area contributed by atoms with Crippen LogP contribution >= 0.6 is 0 Å². The summed E-state index contributed by atoms with van der Waals surface area (Å²) in [6.45, 7) is 12.8. The van der Waals surface area contributed by atoms with E-state index in [2.05, 4.69) is 82.6 Å². The van der Waals surface area contributed by atoms with E-state index >= 15 is 0 Å². The zero-order chi connectivity index (χ0) is 61.2. The molecule has 19 heteroatoms. The summed E-state index contributed by atoms with van der Waals surface area (Å²) in [6.07, 6.45) is -2.05. The van der Waals surface area contributed by atoms with Gasteiger partial charge in [0.1, 0.15) is 24.7 Å². The van der Waals surface area contributed by atoms with Gasteiger partial charge in [-0.1, -0.05) is 128 Å². The Morgan fingerprint density at radius 1 is 0.647 bits per heavy atom. The van der Waals surface area contributed by atoms with Gasteiger partial charge in [0, 0.05) is 49.7 Å². The first kappa shape index (κ1) is 62.2. The summed E-state index contributed by atoms with van der Waals surface area (Å²) in [7, 11) is 0.954. The number of carbonyl (C=O) groups is 6. The third-order valence-corrected chi connectivity index (χ3v) is 15.1. The molecule has 6 aromatic rings. The smallest absolute Gasteiger partial charge is 0.417 e. The molecule has 2 atom stereocenters. The Labute approximate surface area is 493 Å². The van der Waals surface area contributed by atoms with Gasteiger partial charge in [0.2, 0.25) is 0 Å². The summed E-state index contributed by atoms with van der Waals surface area (Å²) in [5.41, 5.74) is 2.49. The molecule has 3 aliphatic rings. The average Bonchev–Trinajstić information content (AvgIpc) is 1.22. The van der Waals surface area contributed by atoms with Crippen LogP contribution in [0.25, 0.3) is 11.1 Å². The number of fused-ring (bicyclic) bond motifs is 2. The van der Waals surface area contributed by atoms with Crippen molar-refractivity contribution in [2.75, 3.05) is 43.1 Å². The number of rotatable bonds is 16. The number of aryl methyl sites for hydroxylation is 1. The van der Waals surface area contributed by atoms with Crippen molar-refractivity contribution in [1.29, 1.82) is 0 Å². The third-order valence-electron chi connectivity index (χ3n) is 15.1. The molecule has 5 amide bonds. The number of methoxy groups -OCH3 is 1. The lowest BCUT2D eigenvalue weighted by atomic mass is 9.78. The number of anilines is 2. The van der Waals surface area contributed by atoms with Gasteiger partial charge in [-0.25, -0.2) is 14.4 Å². The lowest BCUT2D eigenvalue weighted by molar-refractivity contribution is -0.138. The maximum atomic E-state index is 14.8. The Kier molecular flexibility index (Phi) is 19.6. The summed E-state index contributed by atoms with van der Waals surface area (Å²) in [4.78, 5) is 82.8. The average molecular weight is 1170 g/mol. The predicted octanol–water partition coefficient (Wildman–Crippen LogP) is 12.6. The fraction of sp³-hybridized carbons (Fsp3) is 0.364. The minimum absolute atomic E-state index is 0.0201. The molecule has 0 bridgehead atoms. The summed E-state index contributed by atoms with van der Waals surface area (Å²) in [6, 6.07) is 42.9. The molecule has 0 saturated heterocycles. The molecule has 0 spiro atoms. The van der Waals surface area contributed by atoms with Crippen LogP contribution in [0.15, 0.2) is 140 Å². The van der Waals surface area contributed by atoms with Crippen LogP contribution in [0.1, 0.15) is 122 Å². The Morgan fingerprint density at radius 2 is 1.13 bits per heavy atom. The normalized spacial score (nSPS) is 16.7. The highest BCUT2D eigenvalue weighted by molar-refractivity contribution is 6.06. The van der Waals surface area contributed by atoms with Crippen LogP contribution in [-0.2, 0) is 43.2 Å². The number of nitrogens with one attached hydrogen (secondary N) is 2. The quantitative estimate of drug-likeness (QED) is 0.0695. The number of amides is 5. The summed E-state index contributed by atoms with van der Waals surface area (Å²) < 4.78 is 67.4. The molecule has 448 valence electrons. The van der Waals surface area contributed by atoms with E-state index in [4.69, 9.17) is 18.9 Å². The molecule has 16 nitrogen and oxygen atoms in total. The Bertz CT molecular complexity index is 3380. The standard InChI is InChI=1S/C43H49N3O5.C23H23F3N2O6/c1-29(2)46(37-22-13-12-21-35(37)34-20-14-19-33(26-34)32-17-10-7-11-18-32)40(47)36-27-38-39(25-30(36)3)51-43(4,5)41(48)45(38)24-23-44-42(49)50-28-31-15-8-6-9-16-31;1-22(2)20(30)28(10-9-27-21(31)33-13-14-7-5-4-6-8-14)17-11-15(19(29)32-3)16(23(24,25)26)12-18(17)34-22/h6-11,14-20,25-27,29,35,37H,12-13,21-24,28H2,1-5H3,(H,44,49);4-8,11-12H,9-10,13H2,1-3H3,(H,27,31)/t35-,37+;/m1./s1. The number of halogens is 3.